The zero-order chi connectivity index (χ0) is 13.8. The van der Waals surface area contributed by atoms with E-state index in [0.717, 1.165) is 5.56 Å². The first kappa shape index (κ1) is 13.4. The third kappa shape index (κ3) is 3.48. The number of nitrogens with zero attached hydrogens (tertiary/aromatic N) is 1. The summed E-state index contributed by atoms with van der Waals surface area (Å²) in [5.41, 5.74) is 1.59. The Morgan fingerprint density at radius 2 is 1.89 bits per heavy atom. The molecule has 4 nitrogen and oxygen atoms in total. The van der Waals surface area contributed by atoms with Crippen LogP contribution < -0.4 is 0 Å². The molecule has 19 heavy (non-hydrogen) atoms. The summed E-state index contributed by atoms with van der Waals surface area (Å²) in [6.45, 7) is 1.96. The zero-order valence-electron chi connectivity index (χ0n) is 10.4. The van der Waals surface area contributed by atoms with Crippen LogP contribution in [-0.2, 0) is 16.6 Å². The van der Waals surface area contributed by atoms with Crippen molar-refractivity contribution < 1.29 is 14.1 Å². The largest absolute Gasteiger partial charge is 0.477 e. The van der Waals surface area contributed by atoms with Crippen LogP contribution in [0.4, 0.5) is 0 Å². The number of aromatic nitrogens is 1. The van der Waals surface area contributed by atoms with Crippen LogP contribution in [0.2, 0.25) is 0 Å². The highest BCUT2D eigenvalue weighted by Crippen LogP contribution is 2.12. The van der Waals surface area contributed by atoms with E-state index in [9.17, 15) is 9.00 Å². The molecule has 1 aromatic heterocycles. The van der Waals surface area contributed by atoms with E-state index in [0.29, 0.717) is 10.6 Å². The maximum atomic E-state index is 12.1. The third-order valence-electron chi connectivity index (χ3n) is 2.59. The second-order valence-corrected chi connectivity index (χ2v) is 5.57. The van der Waals surface area contributed by atoms with Gasteiger partial charge in [0, 0.05) is 4.90 Å². The fourth-order valence-electron chi connectivity index (χ4n) is 1.59. The van der Waals surface area contributed by atoms with E-state index in [2.05, 4.69) is 4.98 Å². The molecule has 0 fully saturated rings. The molecule has 0 aliphatic rings. The van der Waals surface area contributed by atoms with Gasteiger partial charge >= 0.3 is 5.97 Å². The van der Waals surface area contributed by atoms with Gasteiger partial charge in [-0.1, -0.05) is 23.8 Å². The van der Waals surface area contributed by atoms with Crippen molar-refractivity contribution in [2.45, 2.75) is 17.6 Å². The van der Waals surface area contributed by atoms with E-state index < -0.39 is 16.8 Å². The molecule has 2 aromatic rings. The molecule has 0 spiro atoms. The maximum absolute atomic E-state index is 12.1. The van der Waals surface area contributed by atoms with Gasteiger partial charge in [-0.2, -0.15) is 0 Å². The number of aromatic carboxylic acids is 1. The predicted octanol–water partition coefficient (Wildman–Crippen LogP) is 2.40. The van der Waals surface area contributed by atoms with Gasteiger partial charge in [0.25, 0.3) is 0 Å². The summed E-state index contributed by atoms with van der Waals surface area (Å²) in [4.78, 5) is 15.5. The van der Waals surface area contributed by atoms with E-state index in [1.54, 1.807) is 12.1 Å². The average Bonchev–Trinajstić information content (AvgIpc) is 2.39. The quantitative estimate of drug-likeness (QED) is 0.930. The molecule has 0 aliphatic heterocycles. The first-order valence-corrected chi connectivity index (χ1v) is 7.02. The molecular formula is C14H13NO3S. The number of aryl methyl sites for hydroxylation is 1. The van der Waals surface area contributed by atoms with E-state index in [4.69, 9.17) is 5.11 Å². The normalized spacial score (nSPS) is 12.1. The number of hydrogen-bond acceptors (Lipinski definition) is 3. The van der Waals surface area contributed by atoms with Crippen molar-refractivity contribution in [3.8, 4) is 0 Å². The molecule has 98 valence electrons. The Morgan fingerprint density at radius 3 is 2.53 bits per heavy atom. The van der Waals surface area contributed by atoms with Crippen LogP contribution in [0.5, 0.6) is 0 Å². The number of carboxylic acids is 1. The second kappa shape index (κ2) is 5.75. The van der Waals surface area contributed by atoms with Crippen LogP contribution in [0.3, 0.4) is 0 Å². The lowest BCUT2D eigenvalue weighted by Gasteiger charge is -2.03. The van der Waals surface area contributed by atoms with Gasteiger partial charge in [0.1, 0.15) is 5.69 Å². The molecule has 1 aromatic carbocycles. The highest BCUT2D eigenvalue weighted by Gasteiger charge is 2.09. The SMILES string of the molecule is Cc1ccc(S(=O)Cc2cccc(C(=O)O)n2)cc1. The Morgan fingerprint density at radius 1 is 1.21 bits per heavy atom. The highest BCUT2D eigenvalue weighted by atomic mass is 32.2. The molecule has 1 heterocycles. The fraction of sp³-hybridized carbons (Fsp3) is 0.143. The zero-order valence-corrected chi connectivity index (χ0v) is 11.2. The van der Waals surface area contributed by atoms with Crippen LogP contribution in [0.15, 0.2) is 47.4 Å². The summed E-state index contributed by atoms with van der Waals surface area (Å²) in [6.07, 6.45) is 0. The van der Waals surface area contributed by atoms with Gasteiger partial charge in [0.15, 0.2) is 0 Å². The first-order valence-electron chi connectivity index (χ1n) is 5.70. The van der Waals surface area contributed by atoms with E-state index in [-0.39, 0.29) is 11.4 Å². The van der Waals surface area contributed by atoms with Crippen molar-refractivity contribution in [1.29, 1.82) is 0 Å². The lowest BCUT2D eigenvalue weighted by Crippen LogP contribution is -2.04. The van der Waals surface area contributed by atoms with E-state index in [1.165, 1.54) is 6.07 Å². The highest BCUT2D eigenvalue weighted by molar-refractivity contribution is 7.84. The summed E-state index contributed by atoms with van der Waals surface area (Å²) in [6, 6.07) is 12.1. The Kier molecular flexibility index (Phi) is 4.06. The first-order chi connectivity index (χ1) is 9.06. The summed E-state index contributed by atoms with van der Waals surface area (Å²) in [5, 5.41) is 8.85. The molecule has 0 amide bonds. The van der Waals surface area contributed by atoms with Crippen molar-refractivity contribution >= 4 is 16.8 Å². The van der Waals surface area contributed by atoms with E-state index >= 15 is 0 Å². The Labute approximate surface area is 113 Å². The molecule has 5 heteroatoms. The van der Waals surface area contributed by atoms with Crippen molar-refractivity contribution in [2.24, 2.45) is 0 Å². The van der Waals surface area contributed by atoms with Crippen LogP contribution in [0.25, 0.3) is 0 Å². The number of pyridine rings is 1. The topological polar surface area (TPSA) is 67.3 Å². The number of hydrogen-bond donors (Lipinski definition) is 1. The molecular weight excluding hydrogens is 262 g/mol. The molecule has 0 saturated carbocycles. The lowest BCUT2D eigenvalue weighted by atomic mass is 10.2. The van der Waals surface area contributed by atoms with Crippen LogP contribution >= 0.6 is 0 Å². The van der Waals surface area contributed by atoms with Gasteiger partial charge < -0.3 is 5.11 Å². The fourth-order valence-corrected chi connectivity index (χ4v) is 2.62. The maximum Gasteiger partial charge on any atom is 0.354 e. The summed E-state index contributed by atoms with van der Waals surface area (Å²) < 4.78 is 12.1. The van der Waals surface area contributed by atoms with Crippen LogP contribution in [-0.4, -0.2) is 20.3 Å². The number of rotatable bonds is 4. The minimum absolute atomic E-state index is 0.0293. The molecule has 0 aliphatic carbocycles. The summed E-state index contributed by atoms with van der Waals surface area (Å²) in [5.74, 6) is -0.868. The van der Waals surface area contributed by atoms with Crippen molar-refractivity contribution in [3.05, 3.63) is 59.4 Å². The second-order valence-electron chi connectivity index (χ2n) is 4.12. The number of carboxylic acid groups (broad SMARTS) is 1. The molecule has 0 radical (unpaired) electrons. The molecule has 1 unspecified atom stereocenters. The Bertz CT molecular complexity index is 623. The summed E-state index contributed by atoms with van der Waals surface area (Å²) in [7, 11) is -1.22. The third-order valence-corrected chi connectivity index (χ3v) is 3.94. The standard InChI is InChI=1S/C14H13NO3S/c1-10-5-7-12(8-6-10)19(18)9-11-3-2-4-13(15-11)14(16)17/h2-8H,9H2,1H3,(H,16,17). The average molecular weight is 275 g/mol. The summed E-state index contributed by atoms with van der Waals surface area (Å²) >= 11 is 0. The molecule has 0 bridgehead atoms. The number of benzene rings is 1. The van der Waals surface area contributed by atoms with Gasteiger partial charge in [0.05, 0.1) is 22.2 Å². The van der Waals surface area contributed by atoms with Crippen molar-refractivity contribution in [3.63, 3.8) is 0 Å². The lowest BCUT2D eigenvalue weighted by molar-refractivity contribution is 0.0690. The van der Waals surface area contributed by atoms with Crippen LogP contribution in [0.1, 0.15) is 21.7 Å². The van der Waals surface area contributed by atoms with Gasteiger partial charge in [-0.15, -0.1) is 0 Å². The Hall–Kier alpha value is -2.01. The van der Waals surface area contributed by atoms with E-state index in [1.807, 2.05) is 31.2 Å². The van der Waals surface area contributed by atoms with Gasteiger partial charge in [-0.05, 0) is 31.2 Å². The van der Waals surface area contributed by atoms with Crippen LogP contribution in [0, 0.1) is 6.92 Å². The van der Waals surface area contributed by atoms with Crippen molar-refractivity contribution in [2.75, 3.05) is 0 Å². The van der Waals surface area contributed by atoms with Gasteiger partial charge in [0.2, 0.25) is 0 Å². The van der Waals surface area contributed by atoms with Gasteiger partial charge in [-0.3, -0.25) is 4.21 Å². The Balaban J connectivity index is 2.17. The van der Waals surface area contributed by atoms with Gasteiger partial charge in [-0.25, -0.2) is 9.78 Å². The minimum atomic E-state index is -1.22. The molecule has 0 saturated heterocycles. The van der Waals surface area contributed by atoms with Crippen molar-refractivity contribution in [1.82, 2.24) is 4.98 Å². The molecule has 1 atom stereocenters. The molecule has 1 N–H and O–H groups in total. The number of carbonyl (C=O) groups is 1. The molecule has 2 rings (SSSR count). The minimum Gasteiger partial charge on any atom is -0.477 e. The monoisotopic (exact) mass is 275 g/mol. The predicted molar refractivity (Wildman–Crippen MR) is 72.5 cm³/mol. The smallest absolute Gasteiger partial charge is 0.354 e.